The summed E-state index contributed by atoms with van der Waals surface area (Å²) in [4.78, 5) is 56.8. The molecule has 2 aliphatic rings. The summed E-state index contributed by atoms with van der Waals surface area (Å²) in [5.41, 5.74) is -4.88. The average molecular weight is 490 g/mol. The van der Waals surface area contributed by atoms with Gasteiger partial charge in [0.2, 0.25) is 5.69 Å². The van der Waals surface area contributed by atoms with Crippen molar-refractivity contribution >= 4 is 57.0 Å². The smallest absolute Gasteiger partial charge is 0.355 e. The Bertz CT molecular complexity index is 1760. The fraction of sp³-hybridized carbons (Fsp3) is 0. The van der Waals surface area contributed by atoms with Gasteiger partial charge in [0.25, 0.3) is 0 Å². The Morgan fingerprint density at radius 3 is 1.89 bits per heavy atom. The molecule has 0 unspecified atom stereocenters. The van der Waals surface area contributed by atoms with Gasteiger partial charge in [0.15, 0.2) is 11.2 Å². The maximum Gasteiger partial charge on any atom is 0.380 e. The van der Waals surface area contributed by atoms with Crippen LogP contribution in [0.1, 0.15) is 22.8 Å². The highest BCUT2D eigenvalue weighted by Gasteiger charge is 2.45. The van der Waals surface area contributed by atoms with Crippen molar-refractivity contribution in [3.05, 3.63) is 99.6 Å². The Morgan fingerprint density at radius 1 is 0.639 bits per heavy atom. The van der Waals surface area contributed by atoms with E-state index in [1.807, 2.05) is 0 Å². The summed E-state index contributed by atoms with van der Waals surface area (Å²) in [5, 5.41) is 47.5. The minimum absolute atomic E-state index is 0.0563. The minimum atomic E-state index is -1.27. The van der Waals surface area contributed by atoms with Crippen molar-refractivity contribution in [2.24, 2.45) is 0 Å². The van der Waals surface area contributed by atoms with Gasteiger partial charge < -0.3 is 9.97 Å². The third-order valence-corrected chi connectivity index (χ3v) is 5.26. The van der Waals surface area contributed by atoms with E-state index < -0.39 is 59.4 Å². The van der Waals surface area contributed by atoms with Gasteiger partial charge in [0.05, 0.1) is 31.1 Å². The third-order valence-electron chi connectivity index (χ3n) is 5.26. The summed E-state index contributed by atoms with van der Waals surface area (Å²) in [6, 6.07) is 8.51. The van der Waals surface area contributed by atoms with Crippen LogP contribution in [0, 0.1) is 40.5 Å². The second-order valence-electron chi connectivity index (χ2n) is 7.50. The number of nitrogens with zero attached hydrogens (tertiary/aromatic N) is 6. The molecule has 8 bridgehead atoms. The summed E-state index contributed by atoms with van der Waals surface area (Å²) in [7, 11) is 0. The van der Waals surface area contributed by atoms with Crippen LogP contribution in [0.25, 0.3) is 45.6 Å². The Hall–Kier alpha value is -5.80. The number of hydrogen-bond acceptors (Lipinski definition) is 10. The molecule has 0 fully saturated rings. The molecule has 0 amide bonds. The molecule has 3 aromatic heterocycles. The monoisotopic (exact) mass is 490 g/mol. The number of aromatic nitrogens is 4. The van der Waals surface area contributed by atoms with Crippen molar-refractivity contribution in [3.63, 3.8) is 0 Å². The summed E-state index contributed by atoms with van der Waals surface area (Å²) in [6.07, 6.45) is 3.07. The number of H-pyrrole nitrogens is 2. The normalized spacial score (nSPS) is 12.6. The molecule has 16 heteroatoms. The molecule has 5 rings (SSSR count). The molecule has 3 aromatic rings. The molecule has 0 saturated heterocycles. The van der Waals surface area contributed by atoms with E-state index in [-0.39, 0.29) is 11.2 Å². The molecular weight excluding hydrogens is 480 g/mol. The largest absolute Gasteiger partial charge is 0.380 e. The van der Waals surface area contributed by atoms with Crippen molar-refractivity contribution in [2.45, 2.75) is 0 Å². The highest BCUT2D eigenvalue weighted by molar-refractivity contribution is 5.93. The highest BCUT2D eigenvalue weighted by Crippen LogP contribution is 2.39. The van der Waals surface area contributed by atoms with Crippen LogP contribution in [0.2, 0.25) is 0 Å². The number of aromatic amines is 2. The van der Waals surface area contributed by atoms with Crippen LogP contribution in [0.3, 0.4) is 0 Å². The standard InChI is InChI=1S/C20H10N8O8/c29-25(30)15-8-13-6-11-2-1-9(21-11)5-10-3-4-12(22-10)7-14-18(26(31)32)20(28(35)36)17(24-14)19(27(33)34)16(15)23-13/h1-8,21,23H. The lowest BCUT2D eigenvalue weighted by Gasteiger charge is -1.95. The third kappa shape index (κ3) is 3.59. The lowest BCUT2D eigenvalue weighted by molar-refractivity contribution is -0.408. The topological polar surface area (TPSA) is 230 Å². The highest BCUT2D eigenvalue weighted by atomic mass is 16.6. The van der Waals surface area contributed by atoms with Crippen molar-refractivity contribution in [3.8, 4) is 0 Å². The van der Waals surface area contributed by atoms with Gasteiger partial charge in [-0.25, -0.2) is 9.97 Å². The lowest BCUT2D eigenvalue weighted by atomic mass is 10.2. The van der Waals surface area contributed by atoms with Crippen LogP contribution in [0.5, 0.6) is 0 Å². The number of nitro groups is 4. The molecule has 0 atom stereocenters. The van der Waals surface area contributed by atoms with E-state index in [9.17, 15) is 40.5 Å². The molecule has 2 aliphatic heterocycles. The average Bonchev–Trinajstić information content (AvgIpc) is 3.56. The van der Waals surface area contributed by atoms with E-state index in [0.717, 1.165) is 12.1 Å². The van der Waals surface area contributed by atoms with Crippen LogP contribution in [0.4, 0.5) is 11.4 Å². The Labute approximate surface area is 196 Å². The van der Waals surface area contributed by atoms with E-state index in [2.05, 4.69) is 19.9 Å². The van der Waals surface area contributed by atoms with E-state index in [1.165, 1.54) is 12.1 Å². The number of nitrogens with one attached hydrogen (secondary N) is 2. The number of rotatable bonds is 4. The molecule has 0 aliphatic carbocycles. The van der Waals surface area contributed by atoms with Crippen molar-refractivity contribution in [1.82, 2.24) is 19.9 Å². The summed E-state index contributed by atoms with van der Waals surface area (Å²) in [6.45, 7) is 0. The summed E-state index contributed by atoms with van der Waals surface area (Å²) < 4.78 is 0. The first-order chi connectivity index (χ1) is 17.1. The first kappa shape index (κ1) is 22.0. The molecule has 0 saturated carbocycles. The fourth-order valence-corrected chi connectivity index (χ4v) is 3.86. The minimum Gasteiger partial charge on any atom is -0.355 e. The van der Waals surface area contributed by atoms with Gasteiger partial charge in [-0.05, 0) is 42.5 Å². The second-order valence-corrected chi connectivity index (χ2v) is 7.50. The van der Waals surface area contributed by atoms with Gasteiger partial charge in [0, 0.05) is 22.6 Å². The first-order valence-corrected chi connectivity index (χ1v) is 9.88. The predicted octanol–water partition coefficient (Wildman–Crippen LogP) is 3.68. The lowest BCUT2D eigenvalue weighted by Crippen LogP contribution is -2.05. The van der Waals surface area contributed by atoms with Gasteiger partial charge in [0.1, 0.15) is 0 Å². The SMILES string of the molecule is O=[N+]([O-])C1=C([N+](=O)[O-])c2nc1cc1nc(cc3ccc(cc4cc([N+](=O)[O-])c([nH]4)c2[N+](=O)[O-])[nH]3)C=C1. The number of fused-ring (bicyclic) bond motifs is 8. The Balaban J connectivity index is 2.06. The van der Waals surface area contributed by atoms with Crippen LogP contribution >= 0.6 is 0 Å². The molecule has 36 heavy (non-hydrogen) atoms. The zero-order valence-corrected chi connectivity index (χ0v) is 17.6. The van der Waals surface area contributed by atoms with Gasteiger partial charge in [-0.1, -0.05) is 0 Å². The Morgan fingerprint density at radius 2 is 1.28 bits per heavy atom. The fourth-order valence-electron chi connectivity index (χ4n) is 3.86. The number of hydrogen-bond donors (Lipinski definition) is 2. The molecule has 5 heterocycles. The maximum absolute atomic E-state index is 12.1. The zero-order valence-electron chi connectivity index (χ0n) is 17.6. The van der Waals surface area contributed by atoms with Gasteiger partial charge >= 0.3 is 22.8 Å². The molecule has 0 aromatic carbocycles. The second kappa shape index (κ2) is 7.90. The van der Waals surface area contributed by atoms with Crippen LogP contribution in [0.15, 0.2) is 36.4 Å². The van der Waals surface area contributed by atoms with E-state index in [1.54, 1.807) is 24.3 Å². The molecule has 0 spiro atoms. The van der Waals surface area contributed by atoms with Crippen molar-refractivity contribution < 1.29 is 19.7 Å². The predicted molar refractivity (Wildman–Crippen MR) is 124 cm³/mol. The van der Waals surface area contributed by atoms with Gasteiger partial charge in [-0.3, -0.25) is 40.5 Å². The summed E-state index contributed by atoms with van der Waals surface area (Å²) in [5.74, 6) is 0. The van der Waals surface area contributed by atoms with E-state index >= 15 is 0 Å². The van der Waals surface area contributed by atoms with Crippen LogP contribution in [-0.2, 0) is 0 Å². The van der Waals surface area contributed by atoms with Crippen LogP contribution in [-0.4, -0.2) is 39.6 Å². The molecule has 16 nitrogen and oxygen atoms in total. The molecule has 178 valence electrons. The molecule has 2 N–H and O–H groups in total. The molecular formula is C20H10N8O8. The molecule has 0 radical (unpaired) electrons. The van der Waals surface area contributed by atoms with Gasteiger partial charge in [-0.15, -0.1) is 0 Å². The van der Waals surface area contributed by atoms with Crippen molar-refractivity contribution in [1.29, 1.82) is 0 Å². The van der Waals surface area contributed by atoms with Crippen molar-refractivity contribution in [2.75, 3.05) is 0 Å². The Kier molecular flexibility index (Phi) is 4.83. The first-order valence-electron chi connectivity index (χ1n) is 9.88. The van der Waals surface area contributed by atoms with E-state index in [4.69, 9.17) is 0 Å². The quantitative estimate of drug-likeness (QED) is 0.311. The van der Waals surface area contributed by atoms with E-state index in [0.29, 0.717) is 16.7 Å². The summed E-state index contributed by atoms with van der Waals surface area (Å²) >= 11 is 0. The zero-order chi connectivity index (χ0) is 25.7. The maximum atomic E-state index is 12.1. The van der Waals surface area contributed by atoms with Crippen LogP contribution < -0.4 is 0 Å². The van der Waals surface area contributed by atoms with Gasteiger partial charge in [-0.2, -0.15) is 0 Å².